The highest BCUT2D eigenvalue weighted by atomic mass is 35.5. The highest BCUT2D eigenvalue weighted by Gasteiger charge is 2.17. The van der Waals surface area contributed by atoms with E-state index < -0.39 is 0 Å². The average molecular weight is 202 g/mol. The van der Waals surface area contributed by atoms with Crippen molar-refractivity contribution in [3.05, 3.63) is 10.6 Å². The summed E-state index contributed by atoms with van der Waals surface area (Å²) in [5, 5.41) is 3.62. The number of carbonyl (C=O) groups is 1. The van der Waals surface area contributed by atoms with Gasteiger partial charge in [-0.15, -0.1) is 0 Å². The summed E-state index contributed by atoms with van der Waals surface area (Å²) < 4.78 is 0. The summed E-state index contributed by atoms with van der Waals surface area (Å²) in [5.41, 5.74) is 0.793. The van der Waals surface area contributed by atoms with E-state index in [4.69, 9.17) is 11.6 Å². The molecule has 1 aliphatic rings. The van der Waals surface area contributed by atoms with Crippen molar-refractivity contribution in [1.82, 2.24) is 5.32 Å². The highest BCUT2D eigenvalue weighted by Crippen LogP contribution is 2.27. The Labute approximate surface area is 84.3 Å². The van der Waals surface area contributed by atoms with Crippen LogP contribution in [0.5, 0.6) is 0 Å². The second-order valence-corrected chi connectivity index (χ2v) is 4.17. The van der Waals surface area contributed by atoms with Gasteiger partial charge < -0.3 is 5.32 Å². The molecule has 0 aromatic rings. The molecule has 0 aliphatic heterocycles. The lowest BCUT2D eigenvalue weighted by Crippen LogP contribution is -2.32. The van der Waals surface area contributed by atoms with Gasteiger partial charge in [0.15, 0.2) is 0 Å². The lowest BCUT2D eigenvalue weighted by Gasteiger charge is -2.17. The van der Waals surface area contributed by atoms with Crippen molar-refractivity contribution in [3.63, 3.8) is 0 Å². The Bertz CT molecular complexity index is 233. The third kappa shape index (κ3) is 3.03. The van der Waals surface area contributed by atoms with Crippen LogP contribution in [-0.2, 0) is 4.79 Å². The molecule has 13 heavy (non-hydrogen) atoms. The van der Waals surface area contributed by atoms with E-state index in [2.05, 4.69) is 5.32 Å². The lowest BCUT2D eigenvalue weighted by atomic mass is 9.98. The zero-order valence-corrected chi connectivity index (χ0v) is 8.95. The molecule has 1 rings (SSSR count). The highest BCUT2D eigenvalue weighted by molar-refractivity contribution is 6.32. The number of hydrogen-bond donors (Lipinski definition) is 1. The van der Waals surface area contributed by atoms with Gasteiger partial charge >= 0.3 is 0 Å². The molecule has 74 valence electrons. The van der Waals surface area contributed by atoms with Crippen molar-refractivity contribution in [2.24, 2.45) is 0 Å². The fraction of sp³-hybridized carbons (Fsp3) is 0.700. The number of allylic oxidation sites excluding steroid dienone is 1. The molecule has 0 atom stereocenters. The second-order valence-electron chi connectivity index (χ2n) is 3.72. The molecule has 0 unspecified atom stereocenters. The number of hydrogen-bond acceptors (Lipinski definition) is 1. The third-order valence-corrected chi connectivity index (χ3v) is 2.51. The molecule has 0 spiro atoms. The predicted molar refractivity (Wildman–Crippen MR) is 54.6 cm³/mol. The van der Waals surface area contributed by atoms with Gasteiger partial charge in [-0.1, -0.05) is 11.6 Å². The second kappa shape index (κ2) is 4.66. The Kier molecular flexibility index (Phi) is 3.79. The molecule has 0 radical (unpaired) electrons. The summed E-state index contributed by atoms with van der Waals surface area (Å²) in [6.07, 6.45) is 3.88. The predicted octanol–water partition coefficient (Wildman–Crippen LogP) is 2.58. The number of amides is 1. The van der Waals surface area contributed by atoms with Crippen LogP contribution in [-0.4, -0.2) is 11.9 Å². The minimum absolute atomic E-state index is 0.0136. The molecular formula is C10H16ClNO. The Morgan fingerprint density at radius 3 is 2.54 bits per heavy atom. The zero-order chi connectivity index (χ0) is 9.84. The van der Waals surface area contributed by atoms with Crippen LogP contribution in [0.3, 0.4) is 0 Å². The molecule has 0 heterocycles. The molecule has 0 bridgehead atoms. The van der Waals surface area contributed by atoms with Crippen molar-refractivity contribution in [2.75, 3.05) is 0 Å². The molecule has 1 N–H and O–H groups in total. The van der Waals surface area contributed by atoms with Crippen molar-refractivity contribution in [1.29, 1.82) is 0 Å². The van der Waals surface area contributed by atoms with Crippen molar-refractivity contribution in [2.45, 2.75) is 45.6 Å². The van der Waals surface area contributed by atoms with Gasteiger partial charge in [-0.25, -0.2) is 0 Å². The van der Waals surface area contributed by atoms with E-state index in [0.717, 1.165) is 36.3 Å². The Balaban J connectivity index is 2.64. The van der Waals surface area contributed by atoms with E-state index in [-0.39, 0.29) is 11.9 Å². The van der Waals surface area contributed by atoms with E-state index in [1.807, 2.05) is 13.8 Å². The average Bonchev–Trinajstić information content (AvgIpc) is 2.03. The molecule has 1 amide bonds. The number of carbonyl (C=O) groups excluding carboxylic acids is 1. The first-order chi connectivity index (χ1) is 6.11. The van der Waals surface area contributed by atoms with E-state index in [9.17, 15) is 4.79 Å². The van der Waals surface area contributed by atoms with Crippen LogP contribution >= 0.6 is 11.6 Å². The summed E-state index contributed by atoms with van der Waals surface area (Å²) in [6.45, 7) is 3.91. The Morgan fingerprint density at radius 2 is 2.00 bits per heavy atom. The minimum Gasteiger partial charge on any atom is -0.350 e. The van der Waals surface area contributed by atoms with Crippen LogP contribution in [0, 0.1) is 0 Å². The normalized spacial score (nSPS) is 17.8. The summed E-state index contributed by atoms with van der Waals surface area (Å²) in [5.74, 6) is 0.0136. The largest absolute Gasteiger partial charge is 0.350 e. The Hall–Kier alpha value is -0.500. The zero-order valence-electron chi connectivity index (χ0n) is 8.19. The summed E-state index contributed by atoms with van der Waals surface area (Å²) >= 11 is 5.98. The molecule has 3 heteroatoms. The summed E-state index contributed by atoms with van der Waals surface area (Å²) in [7, 11) is 0. The van der Waals surface area contributed by atoms with Gasteiger partial charge in [-0.2, -0.15) is 0 Å². The van der Waals surface area contributed by atoms with Gasteiger partial charge in [0, 0.05) is 16.6 Å². The molecule has 0 fully saturated rings. The van der Waals surface area contributed by atoms with Crippen LogP contribution in [0.1, 0.15) is 39.5 Å². The van der Waals surface area contributed by atoms with Gasteiger partial charge in [0.2, 0.25) is 5.91 Å². The first-order valence-electron chi connectivity index (χ1n) is 4.79. The summed E-state index contributed by atoms with van der Waals surface area (Å²) in [4.78, 5) is 11.6. The number of halogens is 1. The maximum absolute atomic E-state index is 11.6. The molecule has 2 nitrogen and oxygen atoms in total. The molecule has 1 aliphatic carbocycles. The first-order valence-corrected chi connectivity index (χ1v) is 5.17. The van der Waals surface area contributed by atoms with Gasteiger partial charge in [-0.05, 0) is 39.5 Å². The Morgan fingerprint density at radius 1 is 1.38 bits per heavy atom. The standard InChI is InChI=1S/C10H16ClNO/c1-7(2)12-10(13)8-5-3-4-6-9(8)11/h7H,3-6H2,1-2H3,(H,12,13). The van der Waals surface area contributed by atoms with Crippen LogP contribution in [0.4, 0.5) is 0 Å². The smallest absolute Gasteiger partial charge is 0.248 e. The fourth-order valence-corrected chi connectivity index (χ4v) is 1.77. The van der Waals surface area contributed by atoms with Gasteiger partial charge in [0.25, 0.3) is 0 Å². The van der Waals surface area contributed by atoms with Crippen molar-refractivity contribution < 1.29 is 4.79 Å². The summed E-state index contributed by atoms with van der Waals surface area (Å²) in [6, 6.07) is 0.186. The van der Waals surface area contributed by atoms with Crippen molar-refractivity contribution in [3.8, 4) is 0 Å². The van der Waals surface area contributed by atoms with Gasteiger partial charge in [0.05, 0.1) is 0 Å². The topological polar surface area (TPSA) is 29.1 Å². The van der Waals surface area contributed by atoms with E-state index in [1.54, 1.807) is 0 Å². The van der Waals surface area contributed by atoms with Gasteiger partial charge in [-0.3, -0.25) is 4.79 Å². The molecule has 0 saturated heterocycles. The number of rotatable bonds is 2. The monoisotopic (exact) mass is 201 g/mol. The fourth-order valence-electron chi connectivity index (χ4n) is 1.45. The van der Waals surface area contributed by atoms with Crippen LogP contribution in [0.25, 0.3) is 0 Å². The van der Waals surface area contributed by atoms with E-state index >= 15 is 0 Å². The first kappa shape index (κ1) is 10.6. The van der Waals surface area contributed by atoms with Crippen LogP contribution < -0.4 is 5.32 Å². The maximum Gasteiger partial charge on any atom is 0.248 e. The van der Waals surface area contributed by atoms with Gasteiger partial charge in [0.1, 0.15) is 0 Å². The third-order valence-electron chi connectivity index (χ3n) is 2.09. The molecular weight excluding hydrogens is 186 g/mol. The van der Waals surface area contributed by atoms with Crippen molar-refractivity contribution >= 4 is 17.5 Å². The SMILES string of the molecule is CC(C)NC(=O)C1=C(Cl)CCCC1. The quantitative estimate of drug-likeness (QED) is 0.731. The van der Waals surface area contributed by atoms with Crippen LogP contribution in [0.15, 0.2) is 10.6 Å². The van der Waals surface area contributed by atoms with E-state index in [1.165, 1.54) is 0 Å². The van der Waals surface area contributed by atoms with Crippen LogP contribution in [0.2, 0.25) is 0 Å². The maximum atomic E-state index is 11.6. The lowest BCUT2D eigenvalue weighted by molar-refractivity contribution is -0.118. The van der Waals surface area contributed by atoms with E-state index in [0.29, 0.717) is 0 Å². The molecule has 0 saturated carbocycles. The number of nitrogens with one attached hydrogen (secondary N) is 1. The minimum atomic E-state index is 0.0136. The molecule has 0 aromatic carbocycles. The molecule has 0 aromatic heterocycles.